The monoisotopic (exact) mass is 475 g/mol. The van der Waals surface area contributed by atoms with Crippen molar-refractivity contribution in [2.75, 3.05) is 12.3 Å². The summed E-state index contributed by atoms with van der Waals surface area (Å²) < 4.78 is 2.07. The van der Waals surface area contributed by atoms with Crippen LogP contribution in [0, 0.1) is 0 Å². The van der Waals surface area contributed by atoms with Gasteiger partial charge in [0.15, 0.2) is 11.0 Å². The second-order valence-corrected chi connectivity index (χ2v) is 10.3. The van der Waals surface area contributed by atoms with Crippen LogP contribution in [-0.2, 0) is 17.8 Å². The van der Waals surface area contributed by atoms with Crippen LogP contribution >= 0.6 is 23.1 Å². The minimum absolute atomic E-state index is 0.131. The first-order valence-corrected chi connectivity index (χ1v) is 12.9. The topological polar surface area (TPSA) is 63.9 Å². The Labute approximate surface area is 201 Å². The number of carbonyl (C=O) groups is 1. The summed E-state index contributed by atoms with van der Waals surface area (Å²) in [5.74, 6) is 1.52. The van der Waals surface area contributed by atoms with E-state index in [2.05, 4.69) is 63.2 Å². The zero-order chi connectivity index (χ0) is 22.8. The van der Waals surface area contributed by atoms with Crippen LogP contribution < -0.4 is 0 Å². The molecule has 6 nitrogen and oxygen atoms in total. The molecule has 0 atom stereocenters. The molecule has 1 aliphatic heterocycles. The number of hydrogen-bond acceptors (Lipinski definition) is 6. The fraction of sp³-hybridized carbons (Fsp3) is 0.280. The highest BCUT2D eigenvalue weighted by Crippen LogP contribution is 2.32. The molecule has 0 saturated carbocycles. The number of pyridine rings is 1. The molecule has 3 aromatic heterocycles. The molecule has 0 aliphatic carbocycles. The average Bonchev–Trinajstić information content (AvgIpc) is 3.49. The van der Waals surface area contributed by atoms with E-state index in [1.54, 1.807) is 23.7 Å². The number of thioether (sulfide) groups is 1. The Bertz CT molecular complexity index is 1260. The van der Waals surface area contributed by atoms with E-state index in [0.717, 1.165) is 30.0 Å². The molecule has 168 valence electrons. The first-order chi connectivity index (χ1) is 16.1. The van der Waals surface area contributed by atoms with Gasteiger partial charge in [-0.2, -0.15) is 0 Å². The first-order valence-electron chi connectivity index (χ1n) is 11.0. The molecule has 4 aromatic rings. The van der Waals surface area contributed by atoms with E-state index < -0.39 is 0 Å². The van der Waals surface area contributed by atoms with Gasteiger partial charge in [-0.25, -0.2) is 0 Å². The SMILES string of the molecule is CC(C)c1ccccc1-n1c(SCC(=O)N2CCc3sccc3C2)nnc1-c1cccnc1. The molecule has 1 amide bonds. The van der Waals surface area contributed by atoms with Gasteiger partial charge in [0.05, 0.1) is 11.4 Å². The Hall–Kier alpha value is -2.97. The van der Waals surface area contributed by atoms with E-state index in [0.29, 0.717) is 23.4 Å². The lowest BCUT2D eigenvalue weighted by atomic mass is 10.0. The van der Waals surface area contributed by atoms with E-state index in [1.807, 2.05) is 23.1 Å². The van der Waals surface area contributed by atoms with Gasteiger partial charge in [-0.05, 0) is 53.1 Å². The fourth-order valence-corrected chi connectivity index (χ4v) is 5.86. The van der Waals surface area contributed by atoms with Gasteiger partial charge < -0.3 is 4.90 Å². The molecule has 0 N–H and O–H groups in total. The summed E-state index contributed by atoms with van der Waals surface area (Å²) in [6, 6.07) is 14.3. The maximum absolute atomic E-state index is 13.0. The molecule has 0 spiro atoms. The molecular weight excluding hydrogens is 450 g/mol. The van der Waals surface area contributed by atoms with Crippen molar-refractivity contribution in [3.63, 3.8) is 0 Å². The summed E-state index contributed by atoms with van der Waals surface area (Å²) >= 11 is 3.23. The van der Waals surface area contributed by atoms with Gasteiger partial charge in [0.25, 0.3) is 0 Å². The van der Waals surface area contributed by atoms with Crippen LogP contribution in [0.4, 0.5) is 0 Å². The Morgan fingerprint density at radius 1 is 1.15 bits per heavy atom. The van der Waals surface area contributed by atoms with E-state index in [9.17, 15) is 4.79 Å². The van der Waals surface area contributed by atoms with Crippen LogP contribution in [0.25, 0.3) is 17.1 Å². The standard InChI is InChI=1S/C25H25N5OS2/c1-17(2)20-7-3-4-8-21(20)30-24(18-6-5-11-26-14-18)27-28-25(30)33-16-23(31)29-12-9-22-19(15-29)10-13-32-22/h3-8,10-11,13-14,17H,9,12,15-16H2,1-2H3. The number of hydrogen-bond donors (Lipinski definition) is 0. The number of fused-ring (bicyclic) bond motifs is 1. The molecule has 1 aliphatic rings. The molecule has 0 unspecified atom stereocenters. The van der Waals surface area contributed by atoms with E-state index in [1.165, 1.54) is 27.8 Å². The molecule has 0 bridgehead atoms. The number of benzene rings is 1. The van der Waals surface area contributed by atoms with Crippen molar-refractivity contribution >= 4 is 29.0 Å². The second kappa shape index (κ2) is 9.49. The minimum atomic E-state index is 0.131. The summed E-state index contributed by atoms with van der Waals surface area (Å²) in [4.78, 5) is 20.7. The van der Waals surface area contributed by atoms with Gasteiger partial charge in [-0.1, -0.05) is 43.8 Å². The maximum Gasteiger partial charge on any atom is 0.233 e. The highest BCUT2D eigenvalue weighted by Gasteiger charge is 2.24. The molecule has 0 radical (unpaired) electrons. The van der Waals surface area contributed by atoms with Crippen molar-refractivity contribution < 1.29 is 4.79 Å². The van der Waals surface area contributed by atoms with E-state index >= 15 is 0 Å². The third-order valence-corrected chi connectivity index (χ3v) is 7.77. The molecule has 0 fully saturated rings. The third kappa shape index (κ3) is 4.45. The van der Waals surface area contributed by atoms with Gasteiger partial charge in [-0.15, -0.1) is 21.5 Å². The van der Waals surface area contributed by atoms with Crippen molar-refractivity contribution in [1.82, 2.24) is 24.6 Å². The lowest BCUT2D eigenvalue weighted by molar-refractivity contribution is -0.129. The lowest BCUT2D eigenvalue weighted by Gasteiger charge is -2.27. The van der Waals surface area contributed by atoms with Crippen LogP contribution in [0.1, 0.15) is 35.8 Å². The van der Waals surface area contributed by atoms with Gasteiger partial charge in [0.1, 0.15) is 0 Å². The maximum atomic E-state index is 13.0. The Morgan fingerprint density at radius 2 is 2.03 bits per heavy atom. The van der Waals surface area contributed by atoms with Crippen molar-refractivity contribution in [1.29, 1.82) is 0 Å². The second-order valence-electron chi connectivity index (χ2n) is 8.32. The van der Waals surface area contributed by atoms with Gasteiger partial charge in [-0.3, -0.25) is 14.3 Å². The van der Waals surface area contributed by atoms with Crippen LogP contribution in [-0.4, -0.2) is 42.9 Å². The van der Waals surface area contributed by atoms with Crippen LogP contribution in [0.3, 0.4) is 0 Å². The summed E-state index contributed by atoms with van der Waals surface area (Å²) in [6.45, 7) is 5.83. The Kier molecular flexibility index (Phi) is 6.28. The van der Waals surface area contributed by atoms with E-state index in [4.69, 9.17) is 0 Å². The molecule has 8 heteroatoms. The van der Waals surface area contributed by atoms with Gasteiger partial charge in [0.2, 0.25) is 5.91 Å². The number of para-hydroxylation sites is 1. The number of rotatable bonds is 6. The molecule has 4 heterocycles. The minimum Gasteiger partial charge on any atom is -0.337 e. The predicted octanol–water partition coefficient (Wildman–Crippen LogP) is 5.19. The quantitative estimate of drug-likeness (QED) is 0.359. The van der Waals surface area contributed by atoms with Gasteiger partial charge >= 0.3 is 0 Å². The summed E-state index contributed by atoms with van der Waals surface area (Å²) in [6.07, 6.45) is 4.48. The Balaban J connectivity index is 1.45. The predicted molar refractivity (Wildman–Crippen MR) is 133 cm³/mol. The van der Waals surface area contributed by atoms with Gasteiger partial charge in [0, 0.05) is 35.9 Å². The van der Waals surface area contributed by atoms with E-state index in [-0.39, 0.29) is 5.91 Å². The molecular formula is C25H25N5OS2. The molecule has 5 rings (SSSR count). The average molecular weight is 476 g/mol. The fourth-order valence-electron chi connectivity index (χ4n) is 4.12. The summed E-state index contributed by atoms with van der Waals surface area (Å²) in [5, 5.41) is 11.8. The lowest BCUT2D eigenvalue weighted by Crippen LogP contribution is -2.36. The first kappa shape index (κ1) is 21.9. The number of thiophene rings is 1. The summed E-state index contributed by atoms with van der Waals surface area (Å²) in [7, 11) is 0. The normalized spacial score (nSPS) is 13.4. The third-order valence-electron chi connectivity index (χ3n) is 5.84. The highest BCUT2D eigenvalue weighted by atomic mass is 32.2. The summed E-state index contributed by atoms with van der Waals surface area (Å²) in [5.41, 5.74) is 4.41. The number of aromatic nitrogens is 4. The van der Waals surface area contributed by atoms with Crippen molar-refractivity contribution in [3.8, 4) is 17.1 Å². The number of nitrogens with zero attached hydrogens (tertiary/aromatic N) is 5. The zero-order valence-corrected chi connectivity index (χ0v) is 20.3. The molecule has 1 aromatic carbocycles. The Morgan fingerprint density at radius 3 is 2.85 bits per heavy atom. The largest absolute Gasteiger partial charge is 0.337 e. The van der Waals surface area contributed by atoms with Crippen molar-refractivity contribution in [3.05, 3.63) is 76.2 Å². The van der Waals surface area contributed by atoms with Crippen LogP contribution in [0.5, 0.6) is 0 Å². The number of amides is 1. The van der Waals surface area contributed by atoms with Crippen molar-refractivity contribution in [2.45, 2.75) is 37.9 Å². The zero-order valence-electron chi connectivity index (χ0n) is 18.6. The molecule has 33 heavy (non-hydrogen) atoms. The smallest absolute Gasteiger partial charge is 0.233 e. The van der Waals surface area contributed by atoms with Crippen LogP contribution in [0.2, 0.25) is 0 Å². The van der Waals surface area contributed by atoms with Crippen LogP contribution in [0.15, 0.2) is 65.4 Å². The highest BCUT2D eigenvalue weighted by molar-refractivity contribution is 7.99. The number of carbonyl (C=O) groups excluding carboxylic acids is 1. The molecule has 0 saturated heterocycles. The van der Waals surface area contributed by atoms with Crippen molar-refractivity contribution in [2.24, 2.45) is 0 Å².